The minimum atomic E-state index is -4.47. The number of aromatic nitrogens is 1. The van der Waals surface area contributed by atoms with Gasteiger partial charge in [0.15, 0.2) is 5.13 Å². The molecule has 0 fully saturated rings. The number of benzene rings is 2. The Morgan fingerprint density at radius 3 is 2.69 bits per heavy atom. The van der Waals surface area contributed by atoms with Gasteiger partial charge < -0.3 is 4.74 Å². The summed E-state index contributed by atoms with van der Waals surface area (Å²) in [6.45, 7) is -0.208. The number of alkyl halides is 3. The van der Waals surface area contributed by atoms with E-state index in [0.717, 1.165) is 16.3 Å². The lowest BCUT2D eigenvalue weighted by Crippen LogP contribution is -2.31. The van der Waals surface area contributed by atoms with E-state index in [4.69, 9.17) is 0 Å². The fourth-order valence-electron chi connectivity index (χ4n) is 2.31. The van der Waals surface area contributed by atoms with Crippen molar-refractivity contribution in [1.29, 1.82) is 0 Å². The summed E-state index contributed by atoms with van der Waals surface area (Å²) in [6, 6.07) is 13.8. The summed E-state index contributed by atoms with van der Waals surface area (Å²) < 4.78 is 40.9. The number of carbonyl (C=O) groups is 1. The summed E-state index contributed by atoms with van der Waals surface area (Å²) in [7, 11) is 0. The van der Waals surface area contributed by atoms with Gasteiger partial charge in [0, 0.05) is 10.9 Å². The van der Waals surface area contributed by atoms with Gasteiger partial charge in [-0.25, -0.2) is 4.98 Å². The number of carbonyl (C=O) groups excluding carboxylic acids is 1. The van der Waals surface area contributed by atoms with Crippen LogP contribution in [-0.2, 0) is 9.53 Å². The number of anilines is 1. The van der Waals surface area contributed by atoms with Gasteiger partial charge in [0.25, 0.3) is 5.91 Å². The van der Waals surface area contributed by atoms with Gasteiger partial charge in [0.05, 0.1) is 5.69 Å². The quantitative estimate of drug-likeness (QED) is 0.687. The number of hydrogen-bond acceptors (Lipinski definition) is 4. The monoisotopic (exact) mass is 380 g/mol. The standard InChI is InChI=1S/C18H15F3N2O2S/c1-11(25-10-18(19,20)21)16(24)23-17-22-15(9-26-17)14-7-6-12-4-2-3-5-13(12)8-14/h2-9,11H,10H2,1H3,(H,22,23,24). The van der Waals surface area contributed by atoms with Crippen LogP contribution in [-0.4, -0.2) is 29.8 Å². The molecule has 0 aliphatic carbocycles. The Morgan fingerprint density at radius 2 is 1.96 bits per heavy atom. The molecule has 1 N–H and O–H groups in total. The first-order chi connectivity index (χ1) is 12.3. The van der Waals surface area contributed by atoms with Gasteiger partial charge in [-0.3, -0.25) is 10.1 Å². The zero-order valence-electron chi connectivity index (χ0n) is 13.7. The third-order valence-corrected chi connectivity index (χ3v) is 4.40. The molecule has 8 heteroatoms. The van der Waals surface area contributed by atoms with Crippen molar-refractivity contribution in [3.63, 3.8) is 0 Å². The minimum Gasteiger partial charge on any atom is -0.359 e. The molecule has 1 atom stereocenters. The van der Waals surface area contributed by atoms with Crippen molar-refractivity contribution in [2.45, 2.75) is 19.2 Å². The minimum absolute atomic E-state index is 0.306. The molecular formula is C18H15F3N2O2S. The first-order valence-corrected chi connectivity index (χ1v) is 8.64. The lowest BCUT2D eigenvalue weighted by molar-refractivity contribution is -0.184. The van der Waals surface area contributed by atoms with Crippen molar-refractivity contribution in [1.82, 2.24) is 4.98 Å². The number of fused-ring (bicyclic) bond motifs is 1. The normalized spacial score (nSPS) is 12.9. The largest absolute Gasteiger partial charge is 0.411 e. The van der Waals surface area contributed by atoms with E-state index >= 15 is 0 Å². The number of halogens is 3. The van der Waals surface area contributed by atoms with Crippen LogP contribution < -0.4 is 5.32 Å². The van der Waals surface area contributed by atoms with Gasteiger partial charge in [-0.1, -0.05) is 36.4 Å². The third-order valence-electron chi connectivity index (χ3n) is 3.65. The molecule has 1 amide bonds. The van der Waals surface area contributed by atoms with Crippen LogP contribution in [0.1, 0.15) is 6.92 Å². The molecule has 1 heterocycles. The van der Waals surface area contributed by atoms with E-state index in [9.17, 15) is 18.0 Å². The maximum Gasteiger partial charge on any atom is 0.411 e. The Morgan fingerprint density at radius 1 is 1.23 bits per heavy atom. The maximum absolute atomic E-state index is 12.1. The number of rotatable bonds is 5. The van der Waals surface area contributed by atoms with E-state index < -0.39 is 24.8 Å². The number of hydrogen-bond donors (Lipinski definition) is 1. The molecule has 0 bridgehead atoms. The molecule has 0 aliphatic rings. The van der Waals surface area contributed by atoms with Crippen molar-refractivity contribution in [3.8, 4) is 11.3 Å². The van der Waals surface area contributed by atoms with Gasteiger partial charge in [-0.15, -0.1) is 11.3 Å². The molecule has 3 rings (SSSR count). The number of ether oxygens (including phenoxy) is 1. The highest BCUT2D eigenvalue weighted by Crippen LogP contribution is 2.28. The fraction of sp³-hybridized carbons (Fsp3) is 0.222. The molecule has 1 unspecified atom stereocenters. The maximum atomic E-state index is 12.1. The molecule has 0 radical (unpaired) electrons. The molecule has 26 heavy (non-hydrogen) atoms. The smallest absolute Gasteiger partial charge is 0.359 e. The van der Waals surface area contributed by atoms with E-state index in [1.54, 1.807) is 5.38 Å². The Kier molecular flexibility index (Phi) is 5.24. The van der Waals surface area contributed by atoms with Gasteiger partial charge in [0.1, 0.15) is 12.7 Å². The Balaban J connectivity index is 1.68. The number of thiazole rings is 1. The van der Waals surface area contributed by atoms with Crippen LogP contribution in [0.3, 0.4) is 0 Å². The summed E-state index contributed by atoms with van der Waals surface area (Å²) in [5, 5.41) is 6.74. The number of nitrogens with zero attached hydrogens (tertiary/aromatic N) is 1. The highest BCUT2D eigenvalue weighted by Gasteiger charge is 2.30. The van der Waals surface area contributed by atoms with Crippen LogP contribution >= 0.6 is 11.3 Å². The second-order valence-electron chi connectivity index (χ2n) is 5.66. The van der Waals surface area contributed by atoms with E-state index in [1.807, 2.05) is 42.5 Å². The zero-order valence-corrected chi connectivity index (χ0v) is 14.5. The molecular weight excluding hydrogens is 365 g/mol. The summed E-state index contributed by atoms with van der Waals surface area (Å²) in [5.41, 5.74) is 1.57. The van der Waals surface area contributed by atoms with Gasteiger partial charge >= 0.3 is 6.18 Å². The fourth-order valence-corrected chi connectivity index (χ4v) is 3.04. The highest BCUT2D eigenvalue weighted by molar-refractivity contribution is 7.14. The second-order valence-corrected chi connectivity index (χ2v) is 6.52. The van der Waals surface area contributed by atoms with Gasteiger partial charge in [-0.05, 0) is 23.8 Å². The molecule has 0 saturated heterocycles. The Hall–Kier alpha value is -2.45. The molecule has 3 aromatic rings. The average Bonchev–Trinajstić information content (AvgIpc) is 3.07. The van der Waals surface area contributed by atoms with E-state index in [-0.39, 0.29) is 0 Å². The lowest BCUT2D eigenvalue weighted by atomic mass is 10.1. The second kappa shape index (κ2) is 7.43. The molecule has 4 nitrogen and oxygen atoms in total. The molecule has 0 aliphatic heterocycles. The lowest BCUT2D eigenvalue weighted by Gasteiger charge is -2.13. The number of amides is 1. The van der Waals surface area contributed by atoms with Gasteiger partial charge in [0.2, 0.25) is 0 Å². The Labute approximate surface area is 151 Å². The summed E-state index contributed by atoms with van der Waals surface area (Å²) in [5.74, 6) is -0.673. The number of nitrogens with one attached hydrogen (secondary N) is 1. The predicted octanol–water partition coefficient (Wildman–Crippen LogP) is 4.87. The van der Waals surface area contributed by atoms with E-state index in [2.05, 4.69) is 15.0 Å². The Bertz CT molecular complexity index is 924. The van der Waals surface area contributed by atoms with Crippen LogP contribution in [0.15, 0.2) is 47.8 Å². The average molecular weight is 380 g/mol. The van der Waals surface area contributed by atoms with Crippen LogP contribution in [0.4, 0.5) is 18.3 Å². The van der Waals surface area contributed by atoms with Crippen molar-refractivity contribution < 1.29 is 22.7 Å². The van der Waals surface area contributed by atoms with Crippen LogP contribution in [0.5, 0.6) is 0 Å². The first-order valence-electron chi connectivity index (χ1n) is 7.76. The first kappa shape index (κ1) is 18.3. The van der Waals surface area contributed by atoms with Crippen molar-refractivity contribution in [3.05, 3.63) is 47.8 Å². The predicted molar refractivity (Wildman–Crippen MR) is 95.2 cm³/mol. The zero-order chi connectivity index (χ0) is 18.7. The topological polar surface area (TPSA) is 51.2 Å². The SMILES string of the molecule is CC(OCC(F)(F)F)C(=O)Nc1nc(-c2ccc3ccccc3c2)cs1. The highest BCUT2D eigenvalue weighted by atomic mass is 32.1. The summed E-state index contributed by atoms with van der Waals surface area (Å²) in [4.78, 5) is 16.2. The summed E-state index contributed by atoms with van der Waals surface area (Å²) in [6.07, 6.45) is -5.71. The van der Waals surface area contributed by atoms with E-state index in [0.29, 0.717) is 10.8 Å². The molecule has 0 saturated carbocycles. The third kappa shape index (κ3) is 4.59. The molecule has 1 aromatic heterocycles. The molecule has 2 aromatic carbocycles. The molecule has 0 spiro atoms. The van der Waals surface area contributed by atoms with Crippen molar-refractivity contribution in [2.75, 3.05) is 11.9 Å². The van der Waals surface area contributed by atoms with Gasteiger partial charge in [-0.2, -0.15) is 13.2 Å². The summed E-state index contributed by atoms with van der Waals surface area (Å²) >= 11 is 1.20. The van der Waals surface area contributed by atoms with E-state index in [1.165, 1.54) is 18.3 Å². The van der Waals surface area contributed by atoms with Crippen LogP contribution in [0, 0.1) is 0 Å². The van der Waals surface area contributed by atoms with Crippen LogP contribution in [0.25, 0.3) is 22.0 Å². The molecule has 136 valence electrons. The van der Waals surface area contributed by atoms with Crippen molar-refractivity contribution in [2.24, 2.45) is 0 Å². The van der Waals surface area contributed by atoms with Crippen molar-refractivity contribution >= 4 is 33.1 Å². The van der Waals surface area contributed by atoms with Crippen LogP contribution in [0.2, 0.25) is 0 Å².